The maximum absolute atomic E-state index is 11.9. The minimum Gasteiger partial charge on any atom is -0.361 e. The largest absolute Gasteiger partial charge is 0.361 e. The van der Waals surface area contributed by atoms with Gasteiger partial charge in [-0.25, -0.2) is 0 Å². The van der Waals surface area contributed by atoms with Crippen molar-refractivity contribution in [1.82, 2.24) is 15.4 Å². The molecule has 2 rings (SSSR count). The number of nitrogens with zero attached hydrogens (tertiary/aromatic N) is 2. The monoisotopic (exact) mass is 265 g/mol. The molecule has 1 fully saturated rings. The average Bonchev–Trinajstić information content (AvgIpc) is 2.71. The van der Waals surface area contributed by atoms with E-state index in [1.165, 1.54) is 0 Å². The molecule has 1 aliphatic rings. The molecule has 0 spiro atoms. The van der Waals surface area contributed by atoms with Crippen molar-refractivity contribution < 1.29 is 14.1 Å². The van der Waals surface area contributed by atoms with Crippen LogP contribution in [0.1, 0.15) is 30.1 Å². The van der Waals surface area contributed by atoms with Gasteiger partial charge in [-0.1, -0.05) is 19.0 Å². The lowest BCUT2D eigenvalue weighted by atomic mass is 9.98. The Kier molecular flexibility index (Phi) is 3.87. The van der Waals surface area contributed by atoms with Crippen LogP contribution in [0.25, 0.3) is 0 Å². The van der Waals surface area contributed by atoms with Crippen molar-refractivity contribution in [2.45, 2.75) is 20.8 Å². The number of amides is 2. The van der Waals surface area contributed by atoms with Crippen LogP contribution in [0.4, 0.5) is 0 Å². The van der Waals surface area contributed by atoms with Gasteiger partial charge in [-0.3, -0.25) is 9.59 Å². The molecule has 0 saturated carbocycles. The summed E-state index contributed by atoms with van der Waals surface area (Å²) in [6, 6.07) is 1.61. The molecule has 6 nitrogen and oxygen atoms in total. The Morgan fingerprint density at radius 2 is 2.21 bits per heavy atom. The predicted molar refractivity (Wildman–Crippen MR) is 68.5 cm³/mol. The molecule has 0 bridgehead atoms. The van der Waals surface area contributed by atoms with Crippen molar-refractivity contribution in [2.75, 3.05) is 19.6 Å². The van der Waals surface area contributed by atoms with Crippen molar-refractivity contribution >= 4 is 11.8 Å². The third-order valence-corrected chi connectivity index (χ3v) is 3.07. The molecule has 2 amide bonds. The molecule has 1 aromatic heterocycles. The molecule has 1 N–H and O–H groups in total. The van der Waals surface area contributed by atoms with Gasteiger partial charge in [-0.15, -0.1) is 0 Å². The first-order valence-electron chi connectivity index (χ1n) is 6.47. The Morgan fingerprint density at radius 3 is 2.74 bits per heavy atom. The van der Waals surface area contributed by atoms with E-state index in [4.69, 9.17) is 4.52 Å². The van der Waals surface area contributed by atoms with E-state index in [0.29, 0.717) is 37.0 Å². The van der Waals surface area contributed by atoms with Crippen LogP contribution in [0, 0.1) is 18.8 Å². The van der Waals surface area contributed by atoms with Crippen molar-refractivity contribution in [3.63, 3.8) is 0 Å². The van der Waals surface area contributed by atoms with Crippen LogP contribution >= 0.6 is 0 Å². The summed E-state index contributed by atoms with van der Waals surface area (Å²) in [6.45, 7) is 7.41. The number of carbonyl (C=O) groups excluding carboxylic acids is 2. The van der Waals surface area contributed by atoms with E-state index in [0.717, 1.165) is 0 Å². The molecule has 0 radical (unpaired) electrons. The van der Waals surface area contributed by atoms with Gasteiger partial charge in [0.15, 0.2) is 5.69 Å². The highest BCUT2D eigenvalue weighted by molar-refractivity contribution is 5.94. The van der Waals surface area contributed by atoms with E-state index in [2.05, 4.69) is 10.5 Å². The van der Waals surface area contributed by atoms with E-state index >= 15 is 0 Å². The fourth-order valence-corrected chi connectivity index (χ4v) is 1.89. The number of aromatic nitrogens is 1. The van der Waals surface area contributed by atoms with Crippen molar-refractivity contribution in [3.8, 4) is 0 Å². The Bertz CT molecular complexity index is 475. The van der Waals surface area contributed by atoms with E-state index < -0.39 is 0 Å². The van der Waals surface area contributed by atoms with Crippen LogP contribution in [0.2, 0.25) is 0 Å². The van der Waals surface area contributed by atoms with Gasteiger partial charge in [0.05, 0.1) is 5.92 Å². The highest BCUT2D eigenvalue weighted by Gasteiger charge is 2.36. The molecule has 0 unspecified atom stereocenters. The third-order valence-electron chi connectivity index (χ3n) is 3.07. The number of nitrogens with one attached hydrogen (secondary N) is 1. The molecule has 1 saturated heterocycles. The Morgan fingerprint density at radius 1 is 1.53 bits per heavy atom. The molecule has 0 aliphatic carbocycles. The van der Waals surface area contributed by atoms with Gasteiger partial charge in [0, 0.05) is 25.7 Å². The van der Waals surface area contributed by atoms with Crippen molar-refractivity contribution in [3.05, 3.63) is 17.5 Å². The van der Waals surface area contributed by atoms with E-state index in [1.807, 2.05) is 13.8 Å². The highest BCUT2D eigenvalue weighted by atomic mass is 16.5. The smallest absolute Gasteiger partial charge is 0.276 e. The first-order chi connectivity index (χ1) is 8.97. The minimum atomic E-state index is -0.176. The van der Waals surface area contributed by atoms with Gasteiger partial charge < -0.3 is 14.7 Å². The van der Waals surface area contributed by atoms with Crippen LogP contribution in [0.5, 0.6) is 0 Å². The van der Waals surface area contributed by atoms with Crippen LogP contribution < -0.4 is 5.32 Å². The average molecular weight is 265 g/mol. The Balaban J connectivity index is 1.79. The van der Waals surface area contributed by atoms with E-state index in [9.17, 15) is 9.59 Å². The zero-order valence-corrected chi connectivity index (χ0v) is 11.5. The summed E-state index contributed by atoms with van der Waals surface area (Å²) in [5.41, 5.74) is 0.304. The number of hydrogen-bond donors (Lipinski definition) is 1. The van der Waals surface area contributed by atoms with Gasteiger partial charge in [-0.05, 0) is 12.8 Å². The molecule has 19 heavy (non-hydrogen) atoms. The summed E-state index contributed by atoms with van der Waals surface area (Å²) in [7, 11) is 0. The van der Waals surface area contributed by atoms with E-state index in [-0.39, 0.29) is 17.7 Å². The number of likely N-dealkylation sites (tertiary alicyclic amines) is 1. The fraction of sp³-hybridized carbons (Fsp3) is 0.615. The molecule has 104 valence electrons. The zero-order chi connectivity index (χ0) is 14.0. The first-order valence-corrected chi connectivity index (χ1v) is 6.47. The van der Waals surface area contributed by atoms with Crippen LogP contribution in [0.15, 0.2) is 10.6 Å². The van der Waals surface area contributed by atoms with Crippen LogP contribution in [0.3, 0.4) is 0 Å². The molecule has 0 atom stereocenters. The minimum absolute atomic E-state index is 0.0223. The molecule has 1 aliphatic heterocycles. The standard InChI is InChI=1S/C13H19N3O3/c1-8(2)5-14-12(17)10-6-16(7-10)13(18)11-4-9(3)19-15-11/h4,8,10H,5-7H2,1-3H3,(H,14,17). The topological polar surface area (TPSA) is 75.4 Å². The second-order valence-electron chi connectivity index (χ2n) is 5.37. The Hall–Kier alpha value is -1.85. The van der Waals surface area contributed by atoms with Gasteiger partial charge in [0.25, 0.3) is 5.91 Å². The summed E-state index contributed by atoms with van der Waals surface area (Å²) in [4.78, 5) is 25.3. The Labute approximate surface area is 112 Å². The van der Waals surface area contributed by atoms with Gasteiger partial charge >= 0.3 is 0 Å². The lowest BCUT2D eigenvalue weighted by Crippen LogP contribution is -2.56. The van der Waals surface area contributed by atoms with Crippen LogP contribution in [-0.4, -0.2) is 41.5 Å². The second kappa shape index (κ2) is 5.42. The number of carbonyl (C=O) groups is 2. The third kappa shape index (κ3) is 3.13. The van der Waals surface area contributed by atoms with E-state index in [1.54, 1.807) is 17.9 Å². The van der Waals surface area contributed by atoms with Gasteiger partial charge in [-0.2, -0.15) is 0 Å². The molecule has 6 heteroatoms. The summed E-state index contributed by atoms with van der Waals surface area (Å²) >= 11 is 0. The van der Waals surface area contributed by atoms with Crippen molar-refractivity contribution in [2.24, 2.45) is 11.8 Å². The normalized spacial score (nSPS) is 15.5. The number of aryl methyl sites for hydroxylation is 1. The molecule has 2 heterocycles. The molecule has 1 aromatic rings. The van der Waals surface area contributed by atoms with Gasteiger partial charge in [0.1, 0.15) is 5.76 Å². The lowest BCUT2D eigenvalue weighted by Gasteiger charge is -2.37. The second-order valence-corrected chi connectivity index (χ2v) is 5.37. The molecule has 0 aromatic carbocycles. The quantitative estimate of drug-likeness (QED) is 0.874. The SMILES string of the molecule is Cc1cc(C(=O)N2CC(C(=O)NCC(C)C)C2)no1. The summed E-state index contributed by atoms with van der Waals surface area (Å²) in [5, 5.41) is 6.56. The predicted octanol–water partition coefficient (Wildman–Crippen LogP) is 0.827. The summed E-state index contributed by atoms with van der Waals surface area (Å²) in [6.07, 6.45) is 0. The summed E-state index contributed by atoms with van der Waals surface area (Å²) < 4.78 is 4.87. The van der Waals surface area contributed by atoms with Crippen LogP contribution in [-0.2, 0) is 4.79 Å². The molecular weight excluding hydrogens is 246 g/mol. The first kappa shape index (κ1) is 13.6. The fourth-order valence-electron chi connectivity index (χ4n) is 1.89. The lowest BCUT2D eigenvalue weighted by molar-refractivity contribution is -0.129. The molecular formula is C13H19N3O3. The maximum Gasteiger partial charge on any atom is 0.276 e. The number of hydrogen-bond acceptors (Lipinski definition) is 4. The summed E-state index contributed by atoms with van der Waals surface area (Å²) in [5.74, 6) is 0.782. The zero-order valence-electron chi connectivity index (χ0n) is 11.5. The van der Waals surface area contributed by atoms with Crippen molar-refractivity contribution in [1.29, 1.82) is 0 Å². The maximum atomic E-state index is 11.9. The number of rotatable bonds is 4. The highest BCUT2D eigenvalue weighted by Crippen LogP contribution is 2.18. The van der Waals surface area contributed by atoms with Gasteiger partial charge in [0.2, 0.25) is 5.91 Å².